The number of halogens is 2. The standard InChI is InChI=1S/C23H30F2O4S/c1-19(2)28-18-10-13-14-9-16(24)15-8-12(26)6-7-20(15,3)22(14,25)17(27)11-21(13,4)23(18,29-19)30-5/h6-8,13-14,16-18,27H,9-11H2,1-5H3/t13-,14-,16-,17-,18+,20-,21-,22-,23-/m0/s1. The van der Waals surface area contributed by atoms with Crippen molar-refractivity contribution in [2.75, 3.05) is 6.26 Å². The SMILES string of the molecule is CS[C@@]12OC(C)(C)O[C@@H]1C[C@H]1[C@@H]3C[C@H](F)C4=CC(=O)C=C[C@]4(C)[C@@]3(F)[C@@H](O)C[C@@]12C. The number of hydrogen-bond acceptors (Lipinski definition) is 5. The molecule has 30 heavy (non-hydrogen) atoms. The lowest BCUT2D eigenvalue weighted by molar-refractivity contribution is -0.235. The Morgan fingerprint density at radius 1 is 1.20 bits per heavy atom. The number of carbonyl (C=O) groups excluding carboxylic acids is 1. The van der Waals surface area contributed by atoms with Crippen LogP contribution in [-0.2, 0) is 14.3 Å². The van der Waals surface area contributed by atoms with E-state index >= 15 is 8.78 Å². The van der Waals surface area contributed by atoms with Crippen molar-refractivity contribution in [1.82, 2.24) is 0 Å². The molecule has 4 nitrogen and oxygen atoms in total. The Hall–Kier alpha value is -0.760. The minimum atomic E-state index is -2.06. The van der Waals surface area contributed by atoms with Crippen molar-refractivity contribution < 1.29 is 28.2 Å². The van der Waals surface area contributed by atoms with Gasteiger partial charge in [0.2, 0.25) is 0 Å². The zero-order chi connectivity index (χ0) is 21.9. The number of allylic oxidation sites excluding steroid dienone is 4. The summed E-state index contributed by atoms with van der Waals surface area (Å²) in [6.45, 7) is 7.42. The first-order valence-electron chi connectivity index (χ1n) is 10.7. The number of fused-ring (bicyclic) bond motifs is 7. The minimum absolute atomic E-state index is 0.0447. The van der Waals surface area contributed by atoms with Gasteiger partial charge in [0, 0.05) is 16.7 Å². The third-order valence-electron chi connectivity index (χ3n) is 8.83. The Balaban J connectivity index is 1.64. The topological polar surface area (TPSA) is 55.8 Å². The highest BCUT2D eigenvalue weighted by molar-refractivity contribution is 7.99. The van der Waals surface area contributed by atoms with E-state index in [1.54, 1.807) is 18.7 Å². The van der Waals surface area contributed by atoms with Gasteiger partial charge in [0.25, 0.3) is 0 Å². The molecule has 0 amide bonds. The van der Waals surface area contributed by atoms with Crippen LogP contribution in [0.1, 0.15) is 47.0 Å². The first kappa shape index (κ1) is 21.1. The second-order valence-electron chi connectivity index (χ2n) is 10.6. The highest BCUT2D eigenvalue weighted by atomic mass is 32.2. The number of thioether (sulfide) groups is 1. The maximum Gasteiger partial charge on any atom is 0.178 e. The van der Waals surface area contributed by atoms with E-state index in [-0.39, 0.29) is 36.2 Å². The molecule has 4 fully saturated rings. The summed E-state index contributed by atoms with van der Waals surface area (Å²) in [6.07, 6.45) is 3.71. The number of rotatable bonds is 1. The van der Waals surface area contributed by atoms with E-state index in [1.165, 1.54) is 18.2 Å². The Bertz CT molecular complexity index is 873. The summed E-state index contributed by atoms with van der Waals surface area (Å²) in [5, 5.41) is 11.3. The van der Waals surface area contributed by atoms with Gasteiger partial charge in [-0.25, -0.2) is 8.78 Å². The molecule has 1 saturated heterocycles. The molecule has 5 aliphatic rings. The summed E-state index contributed by atoms with van der Waals surface area (Å²) in [5.41, 5.74) is -3.83. The average Bonchev–Trinajstić information content (AvgIpc) is 3.05. The van der Waals surface area contributed by atoms with Crippen molar-refractivity contribution in [2.24, 2.45) is 22.7 Å². The molecule has 1 heterocycles. The Morgan fingerprint density at radius 2 is 1.90 bits per heavy atom. The average molecular weight is 441 g/mol. The first-order chi connectivity index (χ1) is 13.8. The molecule has 0 bridgehead atoms. The largest absolute Gasteiger partial charge is 0.390 e. The van der Waals surface area contributed by atoms with Crippen molar-refractivity contribution in [3.8, 4) is 0 Å². The van der Waals surface area contributed by atoms with Crippen molar-refractivity contribution in [1.29, 1.82) is 0 Å². The van der Waals surface area contributed by atoms with Crippen LogP contribution in [0.25, 0.3) is 0 Å². The van der Waals surface area contributed by atoms with E-state index in [0.717, 1.165) is 0 Å². The molecule has 0 aromatic heterocycles. The number of ketones is 1. The lowest BCUT2D eigenvalue weighted by atomic mass is 9.45. The molecule has 1 N–H and O–H groups in total. The van der Waals surface area contributed by atoms with E-state index in [2.05, 4.69) is 0 Å². The summed E-state index contributed by atoms with van der Waals surface area (Å²) in [4.78, 5) is 11.2. The van der Waals surface area contributed by atoms with Crippen LogP contribution in [-0.4, -0.2) is 51.9 Å². The molecule has 0 aromatic rings. The fourth-order valence-corrected chi connectivity index (χ4v) is 8.98. The predicted octanol–water partition coefficient (Wildman–Crippen LogP) is 4.13. The molecule has 166 valence electrons. The van der Waals surface area contributed by atoms with Gasteiger partial charge >= 0.3 is 0 Å². The van der Waals surface area contributed by atoms with Crippen LogP contribution in [0.5, 0.6) is 0 Å². The van der Waals surface area contributed by atoms with Gasteiger partial charge in [-0.15, -0.1) is 11.8 Å². The lowest BCUT2D eigenvalue weighted by Gasteiger charge is -2.63. The molecule has 7 heteroatoms. The van der Waals surface area contributed by atoms with E-state index < -0.39 is 45.4 Å². The monoisotopic (exact) mass is 440 g/mol. The zero-order valence-corrected chi connectivity index (χ0v) is 18.9. The Morgan fingerprint density at radius 3 is 2.57 bits per heavy atom. The lowest BCUT2D eigenvalue weighted by Crippen LogP contribution is -2.69. The number of aliphatic hydroxyl groups excluding tert-OH is 1. The third-order valence-corrected chi connectivity index (χ3v) is 10.3. The van der Waals surface area contributed by atoms with E-state index in [1.807, 2.05) is 27.0 Å². The highest BCUT2D eigenvalue weighted by Crippen LogP contribution is 2.74. The van der Waals surface area contributed by atoms with E-state index in [9.17, 15) is 9.90 Å². The van der Waals surface area contributed by atoms with Gasteiger partial charge in [-0.2, -0.15) is 0 Å². The maximum absolute atomic E-state index is 17.1. The van der Waals surface area contributed by atoms with Crippen LogP contribution in [0, 0.1) is 22.7 Å². The molecule has 3 saturated carbocycles. The fourth-order valence-electron chi connectivity index (χ4n) is 7.59. The van der Waals surface area contributed by atoms with Crippen LogP contribution in [0.4, 0.5) is 8.78 Å². The Labute approximate surface area is 180 Å². The van der Waals surface area contributed by atoms with Gasteiger partial charge in [-0.1, -0.05) is 13.0 Å². The minimum Gasteiger partial charge on any atom is -0.390 e. The summed E-state index contributed by atoms with van der Waals surface area (Å²) in [7, 11) is 0. The van der Waals surface area contributed by atoms with Crippen LogP contribution >= 0.6 is 11.8 Å². The molecule has 0 unspecified atom stereocenters. The number of aliphatic hydroxyl groups is 1. The van der Waals surface area contributed by atoms with Crippen molar-refractivity contribution in [3.05, 3.63) is 23.8 Å². The molecule has 0 aromatic carbocycles. The molecule has 0 radical (unpaired) electrons. The number of carbonyl (C=O) groups is 1. The quantitative estimate of drug-likeness (QED) is 0.665. The van der Waals surface area contributed by atoms with Crippen molar-refractivity contribution in [3.63, 3.8) is 0 Å². The van der Waals surface area contributed by atoms with Crippen LogP contribution in [0.3, 0.4) is 0 Å². The molecule has 5 rings (SSSR count). The number of ether oxygens (including phenoxy) is 2. The number of alkyl halides is 2. The smallest absolute Gasteiger partial charge is 0.178 e. The van der Waals surface area contributed by atoms with Crippen molar-refractivity contribution in [2.45, 2.75) is 81.7 Å². The Kier molecular flexibility index (Phi) is 4.20. The van der Waals surface area contributed by atoms with Gasteiger partial charge in [-0.3, -0.25) is 4.79 Å². The number of hydrogen-bond donors (Lipinski definition) is 1. The summed E-state index contributed by atoms with van der Waals surface area (Å²) in [5.74, 6) is -2.00. The second-order valence-corrected chi connectivity index (χ2v) is 11.6. The van der Waals surface area contributed by atoms with Gasteiger partial charge in [0.15, 0.2) is 17.2 Å². The first-order valence-corrected chi connectivity index (χ1v) is 12.0. The highest BCUT2D eigenvalue weighted by Gasteiger charge is 2.78. The zero-order valence-electron chi connectivity index (χ0n) is 18.1. The molecule has 1 aliphatic heterocycles. The van der Waals surface area contributed by atoms with Crippen LogP contribution in [0.15, 0.2) is 23.8 Å². The summed E-state index contributed by atoms with van der Waals surface area (Å²) >= 11 is 1.56. The van der Waals surface area contributed by atoms with Crippen LogP contribution in [0.2, 0.25) is 0 Å². The molecular weight excluding hydrogens is 410 g/mol. The van der Waals surface area contributed by atoms with Gasteiger partial charge in [0.05, 0.1) is 6.10 Å². The summed E-state index contributed by atoms with van der Waals surface area (Å²) in [6, 6.07) is 0. The molecular formula is C23H30F2O4S. The summed E-state index contributed by atoms with van der Waals surface area (Å²) < 4.78 is 45.2. The molecule has 9 atom stereocenters. The van der Waals surface area contributed by atoms with Gasteiger partial charge in [-0.05, 0) is 69.9 Å². The van der Waals surface area contributed by atoms with E-state index in [4.69, 9.17) is 9.47 Å². The van der Waals surface area contributed by atoms with Crippen LogP contribution < -0.4 is 0 Å². The molecule has 0 spiro atoms. The van der Waals surface area contributed by atoms with Gasteiger partial charge in [0.1, 0.15) is 17.2 Å². The predicted molar refractivity (Wildman–Crippen MR) is 110 cm³/mol. The van der Waals surface area contributed by atoms with E-state index in [0.29, 0.717) is 6.42 Å². The maximum atomic E-state index is 17.1. The van der Waals surface area contributed by atoms with Gasteiger partial charge < -0.3 is 14.6 Å². The van der Waals surface area contributed by atoms with Crippen molar-refractivity contribution >= 4 is 17.5 Å². The third kappa shape index (κ3) is 2.20. The fraction of sp³-hybridized carbons (Fsp3) is 0.783. The normalized spacial score (nSPS) is 56.1. The second kappa shape index (κ2) is 5.97. The molecule has 4 aliphatic carbocycles.